The molecule has 0 unspecified atom stereocenters. The summed E-state index contributed by atoms with van der Waals surface area (Å²) in [4.78, 5) is 28.4. The fourth-order valence-corrected chi connectivity index (χ4v) is 3.30. The van der Waals surface area contributed by atoms with Crippen LogP contribution in [0, 0.1) is 0 Å². The fourth-order valence-electron chi connectivity index (χ4n) is 3.30. The van der Waals surface area contributed by atoms with Crippen molar-refractivity contribution < 1.29 is 19.1 Å². The van der Waals surface area contributed by atoms with E-state index < -0.39 is 0 Å². The van der Waals surface area contributed by atoms with Crippen molar-refractivity contribution >= 4 is 17.4 Å². The molecule has 1 amide bonds. The quantitative estimate of drug-likeness (QED) is 0.795. The van der Waals surface area contributed by atoms with Crippen LogP contribution in [0.5, 0.6) is 11.5 Å². The number of ketones is 1. The highest BCUT2D eigenvalue weighted by Gasteiger charge is 2.24. The van der Waals surface area contributed by atoms with Crippen molar-refractivity contribution in [2.24, 2.45) is 0 Å². The molecule has 4 rings (SSSR count). The zero-order valence-corrected chi connectivity index (χ0v) is 14.6. The van der Waals surface area contributed by atoms with E-state index in [1.807, 2.05) is 29.2 Å². The maximum atomic E-state index is 12.8. The molecule has 26 heavy (non-hydrogen) atoms. The summed E-state index contributed by atoms with van der Waals surface area (Å²) in [5.41, 5.74) is 2.34. The summed E-state index contributed by atoms with van der Waals surface area (Å²) in [6, 6.07) is 12.9. The van der Waals surface area contributed by atoms with Gasteiger partial charge in [0.15, 0.2) is 17.3 Å². The molecule has 6 heteroatoms. The van der Waals surface area contributed by atoms with Gasteiger partial charge in [0.2, 0.25) is 6.79 Å². The largest absolute Gasteiger partial charge is 0.454 e. The minimum absolute atomic E-state index is 0.000404. The van der Waals surface area contributed by atoms with Gasteiger partial charge in [-0.2, -0.15) is 0 Å². The maximum absolute atomic E-state index is 12.8. The van der Waals surface area contributed by atoms with Crippen molar-refractivity contribution in [3.05, 3.63) is 53.6 Å². The predicted octanol–water partition coefficient (Wildman–Crippen LogP) is 2.58. The van der Waals surface area contributed by atoms with Crippen molar-refractivity contribution in [3.63, 3.8) is 0 Å². The van der Waals surface area contributed by atoms with Crippen molar-refractivity contribution in [1.29, 1.82) is 0 Å². The van der Waals surface area contributed by atoms with E-state index >= 15 is 0 Å². The summed E-state index contributed by atoms with van der Waals surface area (Å²) < 4.78 is 10.6. The number of nitrogens with zero attached hydrogens (tertiary/aromatic N) is 2. The number of amides is 1. The van der Waals surface area contributed by atoms with Crippen LogP contribution in [0.2, 0.25) is 0 Å². The smallest absolute Gasteiger partial charge is 0.254 e. The standard InChI is InChI=1S/C20H20N2O4/c1-14(23)15-3-2-4-17(11-15)21-7-9-22(10-8-21)20(24)16-5-6-18-19(12-16)26-13-25-18/h2-6,11-12H,7-10,13H2,1H3. The second-order valence-corrected chi connectivity index (χ2v) is 6.45. The van der Waals surface area contributed by atoms with Crippen molar-refractivity contribution in [1.82, 2.24) is 4.90 Å². The lowest BCUT2D eigenvalue weighted by Crippen LogP contribution is -2.48. The zero-order chi connectivity index (χ0) is 18.1. The van der Waals surface area contributed by atoms with Crippen LogP contribution in [0.15, 0.2) is 42.5 Å². The zero-order valence-electron chi connectivity index (χ0n) is 14.6. The summed E-state index contributed by atoms with van der Waals surface area (Å²) in [5.74, 6) is 1.36. The number of piperazine rings is 1. The van der Waals surface area contributed by atoms with Gasteiger partial charge in [0.25, 0.3) is 5.91 Å². The lowest BCUT2D eigenvalue weighted by molar-refractivity contribution is 0.0746. The van der Waals surface area contributed by atoms with Crippen LogP contribution < -0.4 is 14.4 Å². The predicted molar refractivity (Wildman–Crippen MR) is 97.1 cm³/mol. The summed E-state index contributed by atoms with van der Waals surface area (Å²) in [5, 5.41) is 0. The Morgan fingerprint density at radius 3 is 2.42 bits per heavy atom. The normalized spacial score (nSPS) is 15.9. The third kappa shape index (κ3) is 3.10. The number of carbonyl (C=O) groups excluding carboxylic acids is 2. The van der Waals surface area contributed by atoms with Gasteiger partial charge in [0.05, 0.1) is 0 Å². The highest BCUT2D eigenvalue weighted by molar-refractivity contribution is 5.96. The highest BCUT2D eigenvalue weighted by atomic mass is 16.7. The first-order valence-electron chi connectivity index (χ1n) is 8.67. The molecule has 0 aliphatic carbocycles. The van der Waals surface area contributed by atoms with E-state index in [4.69, 9.17) is 9.47 Å². The van der Waals surface area contributed by atoms with Crippen LogP contribution in [0.25, 0.3) is 0 Å². The van der Waals surface area contributed by atoms with Crippen molar-refractivity contribution in [3.8, 4) is 11.5 Å². The second-order valence-electron chi connectivity index (χ2n) is 6.45. The van der Waals surface area contributed by atoms with Crippen LogP contribution in [0.1, 0.15) is 27.6 Å². The minimum Gasteiger partial charge on any atom is -0.454 e. The molecular formula is C20H20N2O4. The summed E-state index contributed by atoms with van der Waals surface area (Å²) >= 11 is 0. The average molecular weight is 352 g/mol. The Balaban J connectivity index is 1.42. The van der Waals surface area contributed by atoms with Crippen LogP contribution in [-0.4, -0.2) is 49.6 Å². The molecule has 2 aliphatic rings. The number of benzene rings is 2. The molecule has 0 aromatic heterocycles. The van der Waals surface area contributed by atoms with Gasteiger partial charge < -0.3 is 19.3 Å². The first kappa shape index (κ1) is 16.4. The molecule has 0 saturated carbocycles. The number of ether oxygens (including phenoxy) is 2. The van der Waals surface area contributed by atoms with Gasteiger partial charge in [-0.3, -0.25) is 9.59 Å². The van der Waals surface area contributed by atoms with E-state index in [1.165, 1.54) is 0 Å². The lowest BCUT2D eigenvalue weighted by atomic mass is 10.1. The molecule has 2 aromatic rings. The maximum Gasteiger partial charge on any atom is 0.254 e. The molecule has 2 aliphatic heterocycles. The molecule has 0 spiro atoms. The molecule has 0 radical (unpaired) electrons. The molecule has 0 atom stereocenters. The number of Topliss-reactive ketones (excluding diaryl/α,β-unsaturated/α-hetero) is 1. The molecule has 0 N–H and O–H groups in total. The Kier molecular flexibility index (Phi) is 4.24. The molecule has 2 heterocycles. The van der Waals surface area contributed by atoms with Crippen LogP contribution in [0.3, 0.4) is 0 Å². The van der Waals surface area contributed by atoms with Crippen molar-refractivity contribution in [2.45, 2.75) is 6.92 Å². The molecule has 134 valence electrons. The Labute approximate surface area is 151 Å². The number of anilines is 1. The number of rotatable bonds is 3. The topological polar surface area (TPSA) is 59.1 Å². The van der Waals surface area contributed by atoms with Gasteiger partial charge >= 0.3 is 0 Å². The summed E-state index contributed by atoms with van der Waals surface area (Å²) in [6.07, 6.45) is 0. The highest BCUT2D eigenvalue weighted by Crippen LogP contribution is 2.33. The second kappa shape index (κ2) is 6.71. The molecular weight excluding hydrogens is 332 g/mol. The van der Waals surface area contributed by atoms with Gasteiger partial charge in [-0.05, 0) is 37.3 Å². The van der Waals surface area contributed by atoms with E-state index in [2.05, 4.69) is 4.90 Å². The first-order valence-corrected chi connectivity index (χ1v) is 8.67. The Bertz CT molecular complexity index is 857. The van der Waals surface area contributed by atoms with E-state index in [0.29, 0.717) is 35.7 Å². The van der Waals surface area contributed by atoms with Crippen LogP contribution in [-0.2, 0) is 0 Å². The molecule has 6 nitrogen and oxygen atoms in total. The number of fused-ring (bicyclic) bond motifs is 1. The van der Waals surface area contributed by atoms with E-state index in [9.17, 15) is 9.59 Å². The third-order valence-electron chi connectivity index (χ3n) is 4.80. The Hall–Kier alpha value is -3.02. The van der Waals surface area contributed by atoms with E-state index in [1.54, 1.807) is 25.1 Å². The minimum atomic E-state index is 0.000404. The van der Waals surface area contributed by atoms with Gasteiger partial charge in [-0.15, -0.1) is 0 Å². The number of hydrogen-bond acceptors (Lipinski definition) is 5. The Morgan fingerprint density at radius 2 is 1.65 bits per heavy atom. The van der Waals surface area contributed by atoms with E-state index in [-0.39, 0.29) is 18.5 Å². The van der Waals surface area contributed by atoms with Crippen LogP contribution >= 0.6 is 0 Å². The van der Waals surface area contributed by atoms with Crippen molar-refractivity contribution in [2.75, 3.05) is 37.9 Å². The SMILES string of the molecule is CC(=O)c1cccc(N2CCN(C(=O)c3ccc4c(c3)OCO4)CC2)c1. The summed E-state index contributed by atoms with van der Waals surface area (Å²) in [6.45, 7) is 4.51. The van der Waals surface area contributed by atoms with E-state index in [0.717, 1.165) is 18.8 Å². The number of hydrogen-bond donors (Lipinski definition) is 0. The third-order valence-corrected chi connectivity index (χ3v) is 4.80. The molecule has 1 fully saturated rings. The average Bonchev–Trinajstić information content (AvgIpc) is 3.15. The monoisotopic (exact) mass is 352 g/mol. The molecule has 1 saturated heterocycles. The Morgan fingerprint density at radius 1 is 0.885 bits per heavy atom. The van der Waals surface area contributed by atoms with Gasteiger partial charge in [0.1, 0.15) is 0 Å². The molecule has 2 aromatic carbocycles. The van der Waals surface area contributed by atoms with Gasteiger partial charge in [0, 0.05) is 43.0 Å². The van der Waals surface area contributed by atoms with Gasteiger partial charge in [-0.25, -0.2) is 0 Å². The summed E-state index contributed by atoms with van der Waals surface area (Å²) in [7, 11) is 0. The number of carbonyl (C=O) groups is 2. The lowest BCUT2D eigenvalue weighted by Gasteiger charge is -2.36. The van der Waals surface area contributed by atoms with Gasteiger partial charge in [-0.1, -0.05) is 12.1 Å². The van der Waals surface area contributed by atoms with Crippen LogP contribution in [0.4, 0.5) is 5.69 Å². The first-order chi connectivity index (χ1) is 12.6. The fraction of sp³-hybridized carbons (Fsp3) is 0.300. The molecule has 0 bridgehead atoms.